The molecule has 2 amide bonds. The first-order valence-electron chi connectivity index (χ1n) is 7.60. The second kappa shape index (κ2) is 7.62. The minimum atomic E-state index is 0.158. The number of hydrogen-bond acceptors (Lipinski definition) is 2. The molecule has 0 spiro atoms. The van der Waals surface area contributed by atoms with Gasteiger partial charge in [0.25, 0.3) is 0 Å². The summed E-state index contributed by atoms with van der Waals surface area (Å²) in [6.45, 7) is 5.02. The third-order valence-corrected chi connectivity index (χ3v) is 4.18. The van der Waals surface area contributed by atoms with Crippen LogP contribution in [0.5, 0.6) is 0 Å². The number of piperidine rings is 1. The average Bonchev–Trinajstić information content (AvgIpc) is 2.69. The summed E-state index contributed by atoms with van der Waals surface area (Å²) < 4.78 is 0. The summed E-state index contributed by atoms with van der Waals surface area (Å²) in [5.41, 5.74) is 0. The van der Waals surface area contributed by atoms with Gasteiger partial charge in [-0.1, -0.05) is 12.8 Å². The fraction of sp³-hybridized carbons (Fsp3) is 0.929. The van der Waals surface area contributed by atoms with Crippen LogP contribution in [0, 0.1) is 5.92 Å². The lowest BCUT2D eigenvalue weighted by Crippen LogP contribution is -2.41. The van der Waals surface area contributed by atoms with E-state index in [1.165, 1.54) is 38.5 Å². The van der Waals surface area contributed by atoms with Gasteiger partial charge >= 0.3 is 6.03 Å². The lowest BCUT2D eigenvalue weighted by molar-refractivity contribution is 0.198. The third-order valence-electron chi connectivity index (χ3n) is 4.18. The summed E-state index contributed by atoms with van der Waals surface area (Å²) in [4.78, 5) is 14.0. The number of hydrogen-bond donors (Lipinski definition) is 2. The van der Waals surface area contributed by atoms with Crippen molar-refractivity contribution in [3.63, 3.8) is 0 Å². The monoisotopic (exact) mass is 253 g/mol. The Hall–Kier alpha value is -0.770. The Morgan fingerprint density at radius 2 is 1.78 bits per heavy atom. The van der Waals surface area contributed by atoms with Gasteiger partial charge in [0.15, 0.2) is 0 Å². The number of nitrogens with one attached hydrogen (secondary N) is 2. The van der Waals surface area contributed by atoms with Crippen LogP contribution in [-0.2, 0) is 0 Å². The molecule has 104 valence electrons. The summed E-state index contributed by atoms with van der Waals surface area (Å²) >= 11 is 0. The molecular formula is C14H27N3O. The number of rotatable bonds is 3. The van der Waals surface area contributed by atoms with E-state index < -0.39 is 0 Å². The van der Waals surface area contributed by atoms with Crippen molar-refractivity contribution in [2.75, 3.05) is 32.7 Å². The van der Waals surface area contributed by atoms with Crippen LogP contribution in [0.2, 0.25) is 0 Å². The normalized spacial score (nSPS) is 22.6. The van der Waals surface area contributed by atoms with Crippen molar-refractivity contribution in [2.24, 2.45) is 5.92 Å². The van der Waals surface area contributed by atoms with E-state index in [4.69, 9.17) is 0 Å². The highest BCUT2D eigenvalue weighted by molar-refractivity contribution is 5.74. The highest BCUT2D eigenvalue weighted by Crippen LogP contribution is 2.15. The molecule has 0 aliphatic carbocycles. The van der Waals surface area contributed by atoms with Gasteiger partial charge in [0, 0.05) is 19.6 Å². The number of carbonyl (C=O) groups is 1. The van der Waals surface area contributed by atoms with Crippen molar-refractivity contribution in [2.45, 2.75) is 44.9 Å². The van der Waals surface area contributed by atoms with Gasteiger partial charge in [-0.15, -0.1) is 0 Å². The quantitative estimate of drug-likeness (QED) is 0.807. The highest BCUT2D eigenvalue weighted by atomic mass is 16.2. The zero-order valence-electron chi connectivity index (χ0n) is 11.4. The number of amides is 2. The summed E-state index contributed by atoms with van der Waals surface area (Å²) in [5.74, 6) is 0.802. The van der Waals surface area contributed by atoms with Gasteiger partial charge in [0.05, 0.1) is 0 Å². The molecule has 4 nitrogen and oxygen atoms in total. The van der Waals surface area contributed by atoms with E-state index in [2.05, 4.69) is 10.6 Å². The second-order valence-corrected chi connectivity index (χ2v) is 5.62. The molecule has 2 fully saturated rings. The van der Waals surface area contributed by atoms with Crippen LogP contribution < -0.4 is 10.6 Å². The SMILES string of the molecule is O=C(NCCC1CCNCC1)N1CCCCCC1. The van der Waals surface area contributed by atoms with E-state index in [1.54, 1.807) is 0 Å². The molecule has 0 atom stereocenters. The Bertz CT molecular complexity index is 243. The van der Waals surface area contributed by atoms with E-state index in [9.17, 15) is 4.79 Å². The van der Waals surface area contributed by atoms with Crippen molar-refractivity contribution in [3.8, 4) is 0 Å². The Morgan fingerprint density at radius 3 is 2.44 bits per heavy atom. The van der Waals surface area contributed by atoms with Crippen LogP contribution >= 0.6 is 0 Å². The minimum Gasteiger partial charge on any atom is -0.338 e. The van der Waals surface area contributed by atoms with Gasteiger partial charge in [-0.05, 0) is 51.1 Å². The van der Waals surface area contributed by atoms with Crippen LogP contribution in [0.15, 0.2) is 0 Å². The molecular weight excluding hydrogens is 226 g/mol. The maximum atomic E-state index is 12.0. The molecule has 4 heteroatoms. The summed E-state index contributed by atoms with van der Waals surface area (Å²) in [6, 6.07) is 0.158. The van der Waals surface area contributed by atoms with E-state index >= 15 is 0 Å². The number of carbonyl (C=O) groups excluding carboxylic acids is 1. The molecule has 0 aromatic heterocycles. The standard InChI is InChI=1S/C14H27N3O/c18-14(17-11-3-1-2-4-12-17)16-10-7-13-5-8-15-9-6-13/h13,15H,1-12H2,(H,16,18). The van der Waals surface area contributed by atoms with Crippen LogP contribution in [0.1, 0.15) is 44.9 Å². The molecule has 2 aliphatic heterocycles. The molecule has 2 rings (SSSR count). The maximum Gasteiger partial charge on any atom is 0.317 e. The smallest absolute Gasteiger partial charge is 0.317 e. The number of nitrogens with zero attached hydrogens (tertiary/aromatic N) is 1. The van der Waals surface area contributed by atoms with Gasteiger partial charge in [0.2, 0.25) is 0 Å². The lowest BCUT2D eigenvalue weighted by atomic mass is 9.95. The first kappa shape index (κ1) is 13.7. The van der Waals surface area contributed by atoms with Crippen LogP contribution in [0.3, 0.4) is 0 Å². The molecule has 2 heterocycles. The maximum absolute atomic E-state index is 12.0. The third kappa shape index (κ3) is 4.48. The summed E-state index contributed by atoms with van der Waals surface area (Å²) in [5, 5.41) is 6.47. The molecule has 0 radical (unpaired) electrons. The number of urea groups is 1. The van der Waals surface area contributed by atoms with Gasteiger partial charge in [0.1, 0.15) is 0 Å². The van der Waals surface area contributed by atoms with E-state index in [-0.39, 0.29) is 6.03 Å². The van der Waals surface area contributed by atoms with Crippen molar-refractivity contribution >= 4 is 6.03 Å². The predicted molar refractivity (Wildman–Crippen MR) is 73.7 cm³/mol. The molecule has 0 aromatic carbocycles. The molecule has 18 heavy (non-hydrogen) atoms. The Kier molecular flexibility index (Phi) is 5.78. The van der Waals surface area contributed by atoms with Gasteiger partial charge in [-0.25, -0.2) is 4.79 Å². The van der Waals surface area contributed by atoms with Crippen molar-refractivity contribution < 1.29 is 4.79 Å². The van der Waals surface area contributed by atoms with E-state index in [1.807, 2.05) is 4.90 Å². The topological polar surface area (TPSA) is 44.4 Å². The Morgan fingerprint density at radius 1 is 1.11 bits per heavy atom. The minimum absolute atomic E-state index is 0.158. The fourth-order valence-corrected chi connectivity index (χ4v) is 2.94. The number of likely N-dealkylation sites (tertiary alicyclic amines) is 1. The molecule has 0 saturated carbocycles. The molecule has 2 saturated heterocycles. The van der Waals surface area contributed by atoms with Crippen molar-refractivity contribution in [3.05, 3.63) is 0 Å². The van der Waals surface area contributed by atoms with Crippen molar-refractivity contribution in [1.29, 1.82) is 0 Å². The molecule has 0 bridgehead atoms. The van der Waals surface area contributed by atoms with Crippen LogP contribution in [0.25, 0.3) is 0 Å². The summed E-state index contributed by atoms with van der Waals surface area (Å²) in [7, 11) is 0. The second-order valence-electron chi connectivity index (χ2n) is 5.62. The van der Waals surface area contributed by atoms with Gasteiger partial charge in [-0.3, -0.25) is 0 Å². The zero-order valence-corrected chi connectivity index (χ0v) is 11.4. The molecule has 0 unspecified atom stereocenters. The molecule has 2 N–H and O–H groups in total. The summed E-state index contributed by atoms with van der Waals surface area (Å²) in [6.07, 6.45) is 8.56. The molecule has 2 aliphatic rings. The van der Waals surface area contributed by atoms with E-state index in [0.717, 1.165) is 45.1 Å². The Balaban J connectivity index is 1.61. The van der Waals surface area contributed by atoms with Crippen LogP contribution in [-0.4, -0.2) is 43.7 Å². The van der Waals surface area contributed by atoms with Gasteiger partial charge in [-0.2, -0.15) is 0 Å². The largest absolute Gasteiger partial charge is 0.338 e. The first-order valence-corrected chi connectivity index (χ1v) is 7.60. The van der Waals surface area contributed by atoms with Crippen LogP contribution in [0.4, 0.5) is 4.79 Å². The van der Waals surface area contributed by atoms with E-state index in [0.29, 0.717) is 0 Å². The van der Waals surface area contributed by atoms with Gasteiger partial charge < -0.3 is 15.5 Å². The highest BCUT2D eigenvalue weighted by Gasteiger charge is 2.16. The predicted octanol–water partition coefficient (Wildman–Crippen LogP) is 1.96. The van der Waals surface area contributed by atoms with Crippen molar-refractivity contribution in [1.82, 2.24) is 15.5 Å². The molecule has 0 aromatic rings. The Labute approximate surface area is 110 Å². The average molecular weight is 253 g/mol. The fourth-order valence-electron chi connectivity index (χ4n) is 2.94. The first-order chi connectivity index (χ1) is 8.86. The zero-order chi connectivity index (χ0) is 12.6. The lowest BCUT2D eigenvalue weighted by Gasteiger charge is -2.24.